The molecule has 34 heavy (non-hydrogen) atoms. The average molecular weight is 492 g/mol. The van der Waals surface area contributed by atoms with Crippen LogP contribution in [0.25, 0.3) is 0 Å². The van der Waals surface area contributed by atoms with E-state index in [0.29, 0.717) is 48.0 Å². The second-order valence-corrected chi connectivity index (χ2v) is 9.33. The topological polar surface area (TPSA) is 94.2 Å². The molecule has 1 aromatic carbocycles. The van der Waals surface area contributed by atoms with E-state index in [1.54, 1.807) is 32.2 Å². The quantitative estimate of drug-likeness (QED) is 0.597. The van der Waals surface area contributed by atoms with Gasteiger partial charge in [-0.15, -0.1) is 0 Å². The molecule has 1 aromatic rings. The highest BCUT2D eigenvalue weighted by Crippen LogP contribution is 2.34. The third kappa shape index (κ3) is 5.64. The first-order valence-corrected chi connectivity index (χ1v) is 12.0. The van der Waals surface area contributed by atoms with E-state index in [4.69, 9.17) is 16.3 Å². The molecule has 2 N–H and O–H groups in total. The standard InChI is InChI=1S/C24H34ClN5O4/c1-6-34-22(31)20-19(14-29-11-12-30(16(4)13-29)24(33)26-15(2)3)28(5)23(32)27-21(20)17-9-7-8-10-18(17)25/h7-10,15-16,21H,6,11-14H2,1-5H3,(H,26,33)(H,27,32). The lowest BCUT2D eigenvalue weighted by Crippen LogP contribution is -2.58. The first kappa shape index (κ1) is 25.8. The number of hydrogen-bond donors (Lipinski definition) is 2. The summed E-state index contributed by atoms with van der Waals surface area (Å²) in [4.78, 5) is 43.9. The summed E-state index contributed by atoms with van der Waals surface area (Å²) in [6.45, 7) is 9.95. The number of halogens is 1. The highest BCUT2D eigenvalue weighted by Gasteiger charge is 2.39. The molecule has 2 heterocycles. The van der Waals surface area contributed by atoms with Crippen LogP contribution >= 0.6 is 11.6 Å². The molecule has 10 heteroatoms. The lowest BCUT2D eigenvalue weighted by Gasteiger charge is -2.42. The van der Waals surface area contributed by atoms with Gasteiger partial charge in [-0.3, -0.25) is 9.80 Å². The fourth-order valence-corrected chi connectivity index (χ4v) is 4.61. The summed E-state index contributed by atoms with van der Waals surface area (Å²) in [5.74, 6) is -0.489. The average Bonchev–Trinajstić information content (AvgIpc) is 2.76. The lowest BCUT2D eigenvalue weighted by atomic mass is 9.94. The fraction of sp³-hybridized carbons (Fsp3) is 0.542. The molecule has 3 rings (SSSR count). The van der Waals surface area contributed by atoms with Gasteiger partial charge in [0.1, 0.15) is 0 Å². The van der Waals surface area contributed by atoms with Gasteiger partial charge in [-0.1, -0.05) is 29.8 Å². The summed E-state index contributed by atoms with van der Waals surface area (Å²) < 4.78 is 5.39. The Hall–Kier alpha value is -2.78. The molecule has 1 saturated heterocycles. The van der Waals surface area contributed by atoms with Gasteiger partial charge in [-0.25, -0.2) is 14.4 Å². The zero-order valence-corrected chi connectivity index (χ0v) is 21.2. The monoisotopic (exact) mass is 491 g/mol. The Balaban J connectivity index is 1.91. The van der Waals surface area contributed by atoms with Crippen LogP contribution in [0.5, 0.6) is 0 Å². The molecule has 2 atom stereocenters. The molecule has 2 aliphatic rings. The number of amides is 4. The molecule has 0 aliphatic carbocycles. The normalized spacial score (nSPS) is 21.6. The van der Waals surface area contributed by atoms with Crippen molar-refractivity contribution >= 4 is 29.6 Å². The molecule has 2 unspecified atom stereocenters. The maximum Gasteiger partial charge on any atom is 0.338 e. The van der Waals surface area contributed by atoms with Crippen molar-refractivity contribution in [3.8, 4) is 0 Å². The van der Waals surface area contributed by atoms with Crippen LogP contribution in [-0.4, -0.2) is 84.6 Å². The van der Waals surface area contributed by atoms with Gasteiger partial charge in [-0.2, -0.15) is 0 Å². The lowest BCUT2D eigenvalue weighted by molar-refractivity contribution is -0.139. The maximum atomic E-state index is 13.1. The maximum absolute atomic E-state index is 13.1. The number of benzene rings is 1. The van der Waals surface area contributed by atoms with Crippen molar-refractivity contribution in [1.82, 2.24) is 25.3 Å². The van der Waals surface area contributed by atoms with Gasteiger partial charge >= 0.3 is 18.0 Å². The highest BCUT2D eigenvalue weighted by atomic mass is 35.5. The second kappa shape index (κ2) is 11.1. The molecule has 0 aromatic heterocycles. The number of rotatable bonds is 6. The van der Waals surface area contributed by atoms with Crippen LogP contribution < -0.4 is 10.6 Å². The van der Waals surface area contributed by atoms with Crippen molar-refractivity contribution in [3.05, 3.63) is 46.1 Å². The van der Waals surface area contributed by atoms with Crippen molar-refractivity contribution < 1.29 is 19.1 Å². The summed E-state index contributed by atoms with van der Waals surface area (Å²) in [6.07, 6.45) is 0. The first-order valence-electron chi connectivity index (χ1n) is 11.6. The molecular formula is C24H34ClN5O4. The summed E-state index contributed by atoms with van der Waals surface area (Å²) in [6, 6.07) is 6.05. The van der Waals surface area contributed by atoms with Crippen molar-refractivity contribution in [2.45, 2.75) is 45.8 Å². The summed E-state index contributed by atoms with van der Waals surface area (Å²) in [5.41, 5.74) is 1.57. The summed E-state index contributed by atoms with van der Waals surface area (Å²) >= 11 is 6.44. The van der Waals surface area contributed by atoms with E-state index >= 15 is 0 Å². The number of likely N-dealkylation sites (N-methyl/N-ethyl adjacent to an activating group) is 1. The Bertz CT molecular complexity index is 966. The zero-order valence-electron chi connectivity index (χ0n) is 20.4. The van der Waals surface area contributed by atoms with Gasteiger partial charge in [0.25, 0.3) is 0 Å². The van der Waals surface area contributed by atoms with Crippen molar-refractivity contribution in [2.75, 3.05) is 39.8 Å². The summed E-state index contributed by atoms with van der Waals surface area (Å²) in [7, 11) is 1.64. The van der Waals surface area contributed by atoms with Crippen molar-refractivity contribution in [3.63, 3.8) is 0 Å². The molecule has 1 fully saturated rings. The van der Waals surface area contributed by atoms with Crippen LogP contribution in [0.2, 0.25) is 5.02 Å². The van der Waals surface area contributed by atoms with Gasteiger partial charge in [0, 0.05) is 56.0 Å². The minimum Gasteiger partial charge on any atom is -0.463 e. The molecule has 9 nitrogen and oxygen atoms in total. The van der Waals surface area contributed by atoms with E-state index in [0.717, 1.165) is 0 Å². The second-order valence-electron chi connectivity index (χ2n) is 8.93. The Morgan fingerprint density at radius 1 is 1.26 bits per heavy atom. The molecule has 2 aliphatic heterocycles. The van der Waals surface area contributed by atoms with Crippen LogP contribution in [0.15, 0.2) is 35.5 Å². The van der Waals surface area contributed by atoms with E-state index in [9.17, 15) is 14.4 Å². The van der Waals surface area contributed by atoms with Crippen molar-refractivity contribution in [2.24, 2.45) is 0 Å². The molecule has 0 bridgehead atoms. The third-order valence-electron chi connectivity index (χ3n) is 6.05. The molecular weight excluding hydrogens is 458 g/mol. The number of piperazine rings is 1. The molecule has 0 saturated carbocycles. The SMILES string of the molecule is CCOC(=O)C1=C(CN2CCN(C(=O)NC(C)C)C(C)C2)N(C)C(=O)NC1c1ccccc1Cl. The van der Waals surface area contributed by atoms with Crippen LogP contribution in [0, 0.1) is 0 Å². The Morgan fingerprint density at radius 2 is 1.97 bits per heavy atom. The molecule has 4 amide bonds. The Kier molecular flexibility index (Phi) is 8.43. The fourth-order valence-electron chi connectivity index (χ4n) is 4.36. The van der Waals surface area contributed by atoms with Gasteiger partial charge in [0.2, 0.25) is 0 Å². The van der Waals surface area contributed by atoms with Gasteiger partial charge < -0.3 is 20.3 Å². The molecule has 186 valence electrons. The minimum absolute atomic E-state index is 0.0266. The Labute approximate surface area is 206 Å². The van der Waals surface area contributed by atoms with Crippen LogP contribution in [0.3, 0.4) is 0 Å². The van der Waals surface area contributed by atoms with E-state index in [1.807, 2.05) is 31.7 Å². The largest absolute Gasteiger partial charge is 0.463 e. The van der Waals surface area contributed by atoms with E-state index in [-0.39, 0.29) is 30.8 Å². The predicted octanol–water partition coefficient (Wildman–Crippen LogP) is 2.98. The number of urea groups is 2. The van der Waals surface area contributed by atoms with Crippen LogP contribution in [-0.2, 0) is 9.53 Å². The van der Waals surface area contributed by atoms with E-state index < -0.39 is 12.0 Å². The number of carbonyl (C=O) groups excluding carboxylic acids is 3. The predicted molar refractivity (Wildman–Crippen MR) is 130 cm³/mol. The third-order valence-corrected chi connectivity index (χ3v) is 6.39. The first-order chi connectivity index (χ1) is 16.1. The molecule has 0 spiro atoms. The number of carbonyl (C=O) groups is 3. The minimum atomic E-state index is -0.720. The van der Waals surface area contributed by atoms with Crippen LogP contribution in [0.1, 0.15) is 39.3 Å². The van der Waals surface area contributed by atoms with Crippen molar-refractivity contribution in [1.29, 1.82) is 0 Å². The number of nitrogens with zero attached hydrogens (tertiary/aromatic N) is 3. The van der Waals surface area contributed by atoms with Gasteiger partial charge in [0.05, 0.1) is 18.2 Å². The number of esters is 1. The summed E-state index contributed by atoms with van der Waals surface area (Å²) in [5, 5.41) is 6.29. The molecule has 0 radical (unpaired) electrons. The van der Waals surface area contributed by atoms with E-state index in [2.05, 4.69) is 15.5 Å². The zero-order chi connectivity index (χ0) is 25.0. The smallest absolute Gasteiger partial charge is 0.338 e. The van der Waals surface area contributed by atoms with Gasteiger partial charge in [0.15, 0.2) is 0 Å². The van der Waals surface area contributed by atoms with E-state index in [1.165, 1.54) is 4.90 Å². The number of nitrogens with one attached hydrogen (secondary N) is 2. The Morgan fingerprint density at radius 3 is 2.59 bits per heavy atom. The number of hydrogen-bond acceptors (Lipinski definition) is 5. The number of ether oxygens (including phenoxy) is 1. The van der Waals surface area contributed by atoms with Crippen LogP contribution in [0.4, 0.5) is 9.59 Å². The highest BCUT2D eigenvalue weighted by molar-refractivity contribution is 6.31. The van der Waals surface area contributed by atoms with Gasteiger partial charge in [-0.05, 0) is 39.3 Å².